The van der Waals surface area contributed by atoms with Crippen LogP contribution >= 0.6 is 0 Å². The lowest BCUT2D eigenvalue weighted by atomic mass is 10.1. The fourth-order valence-corrected chi connectivity index (χ4v) is 1.84. The number of hydrogen-bond acceptors (Lipinski definition) is 3. The second-order valence-corrected chi connectivity index (χ2v) is 4.56. The second-order valence-electron chi connectivity index (χ2n) is 4.56. The van der Waals surface area contributed by atoms with E-state index >= 15 is 0 Å². The van der Waals surface area contributed by atoms with Crippen LogP contribution in [0.3, 0.4) is 0 Å². The monoisotopic (exact) mass is 288 g/mol. The molecule has 2 rings (SSSR count). The Kier molecular flexibility index (Phi) is 4.55. The first-order valence-corrected chi connectivity index (χ1v) is 6.37. The maximum atomic E-state index is 11.8. The van der Waals surface area contributed by atoms with Crippen molar-refractivity contribution in [2.45, 2.75) is 13.0 Å². The maximum Gasteiger partial charge on any atom is 0.319 e. The summed E-state index contributed by atoms with van der Waals surface area (Å²) < 4.78 is 1.66. The van der Waals surface area contributed by atoms with Crippen molar-refractivity contribution in [2.75, 3.05) is 5.32 Å². The predicted molar refractivity (Wildman–Crippen MR) is 76.8 cm³/mol. The van der Waals surface area contributed by atoms with Gasteiger partial charge in [-0.05, 0) is 23.8 Å². The molecule has 2 aromatic rings. The van der Waals surface area contributed by atoms with E-state index in [0.717, 1.165) is 5.69 Å². The average Bonchev–Trinajstić information content (AvgIpc) is 2.82. The van der Waals surface area contributed by atoms with Crippen LogP contribution in [-0.2, 0) is 24.8 Å². The van der Waals surface area contributed by atoms with Gasteiger partial charge in [0, 0.05) is 18.9 Å². The van der Waals surface area contributed by atoms with E-state index in [1.807, 2.05) is 6.07 Å². The highest BCUT2D eigenvalue weighted by Gasteiger charge is 2.05. The Balaban J connectivity index is 1.88. The molecule has 0 unspecified atom stereocenters. The highest BCUT2D eigenvalue weighted by atomic mass is 16.4. The van der Waals surface area contributed by atoms with E-state index in [1.54, 1.807) is 42.2 Å². The van der Waals surface area contributed by atoms with Crippen molar-refractivity contribution >= 4 is 17.7 Å². The van der Waals surface area contributed by atoms with Gasteiger partial charge in [0.05, 0.1) is 18.7 Å². The van der Waals surface area contributed by atoms with Gasteiger partial charge in [-0.15, -0.1) is 0 Å². The highest BCUT2D eigenvalue weighted by molar-refractivity contribution is 5.89. The minimum Gasteiger partial charge on any atom is -0.481 e. The number of aryl methyl sites for hydroxylation is 1. The van der Waals surface area contributed by atoms with Gasteiger partial charge in [-0.25, -0.2) is 4.79 Å². The van der Waals surface area contributed by atoms with Crippen LogP contribution in [0.4, 0.5) is 10.5 Å². The Morgan fingerprint density at radius 1 is 1.33 bits per heavy atom. The molecule has 1 heterocycles. The molecule has 1 aromatic carbocycles. The number of aliphatic carboxylic acids is 1. The molecule has 7 nitrogen and oxygen atoms in total. The van der Waals surface area contributed by atoms with E-state index in [-0.39, 0.29) is 12.5 Å². The molecule has 110 valence electrons. The third kappa shape index (κ3) is 4.64. The van der Waals surface area contributed by atoms with E-state index < -0.39 is 5.97 Å². The first kappa shape index (κ1) is 14.6. The molecule has 3 N–H and O–H groups in total. The van der Waals surface area contributed by atoms with Gasteiger partial charge in [0.25, 0.3) is 0 Å². The molecule has 2 amide bonds. The van der Waals surface area contributed by atoms with E-state index in [4.69, 9.17) is 5.11 Å². The number of carboxylic acids is 1. The van der Waals surface area contributed by atoms with Gasteiger partial charge in [0.15, 0.2) is 0 Å². The number of nitrogens with one attached hydrogen (secondary N) is 2. The Bertz CT molecular complexity index is 651. The average molecular weight is 288 g/mol. The van der Waals surface area contributed by atoms with Gasteiger partial charge in [0.1, 0.15) is 0 Å². The second kappa shape index (κ2) is 6.56. The van der Waals surface area contributed by atoms with Crippen molar-refractivity contribution < 1.29 is 14.7 Å². The zero-order chi connectivity index (χ0) is 15.2. The van der Waals surface area contributed by atoms with Crippen LogP contribution in [0.15, 0.2) is 36.5 Å². The van der Waals surface area contributed by atoms with Crippen molar-refractivity contribution in [1.82, 2.24) is 15.1 Å². The molecule has 0 aliphatic carbocycles. The summed E-state index contributed by atoms with van der Waals surface area (Å²) >= 11 is 0. The molecule has 0 saturated carbocycles. The fourth-order valence-electron chi connectivity index (χ4n) is 1.84. The number of urea groups is 1. The molecule has 0 spiro atoms. The molecule has 0 atom stereocenters. The standard InChI is InChI=1S/C14H16N4O3/c1-18-6-5-12(17-18)9-15-14(21)16-11-4-2-3-10(7-11)8-13(19)20/h2-7H,8-9H2,1H3,(H,19,20)(H2,15,16,21). The van der Waals surface area contributed by atoms with E-state index in [0.29, 0.717) is 17.8 Å². The molecule has 7 heteroatoms. The molecule has 0 saturated heterocycles. The number of carbonyl (C=O) groups excluding carboxylic acids is 1. The number of benzene rings is 1. The lowest BCUT2D eigenvalue weighted by Gasteiger charge is -2.07. The van der Waals surface area contributed by atoms with Crippen LogP contribution < -0.4 is 10.6 Å². The third-order valence-corrected chi connectivity index (χ3v) is 2.74. The van der Waals surface area contributed by atoms with Gasteiger partial charge in [-0.1, -0.05) is 12.1 Å². The molecular formula is C14H16N4O3. The Morgan fingerprint density at radius 3 is 2.81 bits per heavy atom. The minimum atomic E-state index is -0.910. The zero-order valence-electron chi connectivity index (χ0n) is 11.5. The van der Waals surface area contributed by atoms with Gasteiger partial charge < -0.3 is 15.7 Å². The normalized spacial score (nSPS) is 10.1. The van der Waals surface area contributed by atoms with Crippen LogP contribution in [0.25, 0.3) is 0 Å². The maximum absolute atomic E-state index is 11.8. The summed E-state index contributed by atoms with van der Waals surface area (Å²) in [6.45, 7) is 0.321. The van der Waals surface area contributed by atoms with Crippen molar-refractivity contribution in [3.63, 3.8) is 0 Å². The van der Waals surface area contributed by atoms with E-state index in [1.165, 1.54) is 0 Å². The van der Waals surface area contributed by atoms with Crippen LogP contribution in [0.5, 0.6) is 0 Å². The highest BCUT2D eigenvalue weighted by Crippen LogP contribution is 2.11. The molecule has 21 heavy (non-hydrogen) atoms. The summed E-state index contributed by atoms with van der Waals surface area (Å²) in [7, 11) is 1.80. The largest absolute Gasteiger partial charge is 0.481 e. The summed E-state index contributed by atoms with van der Waals surface area (Å²) in [5, 5.41) is 18.2. The molecule has 0 fully saturated rings. The van der Waals surface area contributed by atoms with Gasteiger partial charge in [-0.2, -0.15) is 5.10 Å². The van der Waals surface area contributed by atoms with Gasteiger partial charge >= 0.3 is 12.0 Å². The Morgan fingerprint density at radius 2 is 2.14 bits per heavy atom. The number of hydrogen-bond donors (Lipinski definition) is 3. The fraction of sp³-hybridized carbons (Fsp3) is 0.214. The summed E-state index contributed by atoms with van der Waals surface area (Å²) in [6, 6.07) is 8.18. The number of carbonyl (C=O) groups is 2. The Labute approximate surface area is 121 Å². The molecular weight excluding hydrogens is 272 g/mol. The minimum absolute atomic E-state index is 0.0783. The lowest BCUT2D eigenvalue weighted by Crippen LogP contribution is -2.28. The van der Waals surface area contributed by atoms with Gasteiger partial charge in [-0.3, -0.25) is 9.48 Å². The van der Waals surface area contributed by atoms with Crippen molar-refractivity contribution in [3.05, 3.63) is 47.8 Å². The predicted octanol–water partition coefficient (Wildman–Crippen LogP) is 1.37. The van der Waals surface area contributed by atoms with Gasteiger partial charge in [0.2, 0.25) is 0 Å². The van der Waals surface area contributed by atoms with Crippen LogP contribution in [-0.4, -0.2) is 26.9 Å². The van der Waals surface area contributed by atoms with Crippen molar-refractivity contribution in [3.8, 4) is 0 Å². The number of aromatic nitrogens is 2. The number of amides is 2. The Hall–Kier alpha value is -2.83. The van der Waals surface area contributed by atoms with Crippen molar-refractivity contribution in [2.24, 2.45) is 7.05 Å². The number of rotatable bonds is 5. The smallest absolute Gasteiger partial charge is 0.319 e. The van der Waals surface area contributed by atoms with E-state index in [9.17, 15) is 9.59 Å². The summed E-state index contributed by atoms with van der Waals surface area (Å²) in [4.78, 5) is 22.4. The van der Waals surface area contributed by atoms with Crippen molar-refractivity contribution in [1.29, 1.82) is 0 Å². The van der Waals surface area contributed by atoms with Crippen LogP contribution in [0, 0.1) is 0 Å². The first-order valence-electron chi connectivity index (χ1n) is 6.37. The summed E-state index contributed by atoms with van der Waals surface area (Å²) in [5.41, 5.74) is 1.93. The zero-order valence-corrected chi connectivity index (χ0v) is 11.5. The lowest BCUT2D eigenvalue weighted by molar-refractivity contribution is -0.136. The van der Waals surface area contributed by atoms with E-state index in [2.05, 4.69) is 15.7 Å². The molecule has 0 aliphatic rings. The molecule has 1 aromatic heterocycles. The number of carboxylic acid groups (broad SMARTS) is 1. The molecule has 0 aliphatic heterocycles. The van der Waals surface area contributed by atoms with Crippen LogP contribution in [0.1, 0.15) is 11.3 Å². The molecule has 0 radical (unpaired) electrons. The summed E-state index contributed by atoms with van der Waals surface area (Å²) in [5.74, 6) is -0.910. The number of nitrogens with zero attached hydrogens (tertiary/aromatic N) is 2. The topological polar surface area (TPSA) is 96.2 Å². The summed E-state index contributed by atoms with van der Waals surface area (Å²) in [6.07, 6.45) is 1.72. The number of anilines is 1. The molecule has 0 bridgehead atoms. The SMILES string of the molecule is Cn1ccc(CNC(=O)Nc2cccc(CC(=O)O)c2)n1. The first-order chi connectivity index (χ1) is 10.0. The third-order valence-electron chi connectivity index (χ3n) is 2.74. The van der Waals surface area contributed by atoms with Crippen LogP contribution in [0.2, 0.25) is 0 Å². The quantitative estimate of drug-likeness (QED) is 0.774.